The fourth-order valence-electron chi connectivity index (χ4n) is 1.45. The van der Waals surface area contributed by atoms with Gasteiger partial charge in [-0.25, -0.2) is 0 Å². The molecule has 1 aliphatic rings. The molecule has 0 bridgehead atoms. The molecule has 0 aromatic rings. The molecule has 0 saturated carbocycles. The molecule has 0 saturated heterocycles. The van der Waals surface area contributed by atoms with Crippen molar-refractivity contribution >= 4 is 0 Å². The molecule has 0 amide bonds. The average Bonchev–Trinajstić information content (AvgIpc) is 2.10. The number of hydrogen-bond acceptors (Lipinski definition) is 1. The zero-order valence-corrected chi connectivity index (χ0v) is 7.88. The van der Waals surface area contributed by atoms with Gasteiger partial charge in [0.1, 0.15) is 0 Å². The normalized spacial score (nSPS) is 16.1. The largest absolute Gasteiger partial charge is 0.320 e. The maximum absolute atomic E-state index is 5.85. The second kappa shape index (κ2) is 4.08. The van der Waals surface area contributed by atoms with Crippen molar-refractivity contribution < 1.29 is 0 Å². The lowest BCUT2D eigenvalue weighted by atomic mass is 10.1. The molecular weight excluding hydrogens is 146 g/mol. The van der Waals surface area contributed by atoms with Gasteiger partial charge in [-0.05, 0) is 19.9 Å². The van der Waals surface area contributed by atoms with Crippen molar-refractivity contribution in [2.24, 2.45) is 0 Å². The Morgan fingerprint density at radius 1 is 1.42 bits per heavy atom. The van der Waals surface area contributed by atoms with E-state index in [0.29, 0.717) is 0 Å². The highest BCUT2D eigenvalue weighted by Gasteiger charge is 2.18. The van der Waals surface area contributed by atoms with Crippen LogP contribution in [0.5, 0.6) is 0 Å². The average molecular weight is 162 g/mol. The third-order valence-electron chi connectivity index (χ3n) is 2.14. The summed E-state index contributed by atoms with van der Waals surface area (Å²) < 4.78 is 0. The van der Waals surface area contributed by atoms with Crippen molar-refractivity contribution in [1.29, 1.82) is 0 Å². The molecule has 64 valence electrons. The molecule has 1 heteroatoms. The van der Waals surface area contributed by atoms with E-state index in [-0.39, 0.29) is 0 Å². The molecule has 0 aromatic heterocycles. The van der Waals surface area contributed by atoms with Crippen molar-refractivity contribution in [3.05, 3.63) is 36.1 Å². The second-order valence-corrected chi connectivity index (χ2v) is 2.86. The van der Waals surface area contributed by atoms with Crippen molar-refractivity contribution in [1.82, 2.24) is 4.90 Å². The predicted molar refractivity (Wildman–Crippen MR) is 52.6 cm³/mol. The van der Waals surface area contributed by atoms with Crippen LogP contribution in [0.4, 0.5) is 0 Å². The molecule has 0 heterocycles. The molecule has 12 heavy (non-hydrogen) atoms. The minimum atomic E-state index is 0.893. The van der Waals surface area contributed by atoms with Crippen LogP contribution < -0.4 is 0 Å². The van der Waals surface area contributed by atoms with Gasteiger partial charge in [0.05, 0.1) is 6.08 Å². The summed E-state index contributed by atoms with van der Waals surface area (Å²) in [6, 6.07) is 0. The van der Waals surface area contributed by atoms with Gasteiger partial charge in [0.2, 0.25) is 5.57 Å². The van der Waals surface area contributed by atoms with Gasteiger partial charge in [0.15, 0.2) is 5.70 Å². The van der Waals surface area contributed by atoms with Crippen LogP contribution in [0.2, 0.25) is 0 Å². The lowest BCUT2D eigenvalue weighted by Gasteiger charge is -2.19. The van der Waals surface area contributed by atoms with E-state index in [1.807, 2.05) is 6.08 Å². The highest BCUT2D eigenvalue weighted by atomic mass is 15.1. The van der Waals surface area contributed by atoms with Gasteiger partial charge in [0.25, 0.3) is 0 Å². The molecule has 0 fully saturated rings. The molecule has 0 N–H and O–H groups in total. The van der Waals surface area contributed by atoms with Crippen LogP contribution in [0, 0.1) is 6.58 Å². The van der Waals surface area contributed by atoms with Gasteiger partial charge in [-0.1, -0.05) is 0 Å². The number of likely N-dealkylation sites (N-methyl/N-ethyl adjacent to an activating group) is 1. The van der Waals surface area contributed by atoms with Gasteiger partial charge in [0, 0.05) is 32.2 Å². The number of nitrogens with zero attached hydrogens (tertiary/aromatic N) is 1. The maximum atomic E-state index is 5.85. The minimum absolute atomic E-state index is 0.893. The van der Waals surface area contributed by atoms with Crippen molar-refractivity contribution in [3.63, 3.8) is 0 Å². The third-order valence-corrected chi connectivity index (χ3v) is 2.14. The summed E-state index contributed by atoms with van der Waals surface area (Å²) in [5.41, 5.74) is 2.09. The standard InChI is InChI=1S/C11H16N/c1-4-12(5-2)11-9-7-6-8-10(11)3/h3,6,8-9H,4-5,7H2,1-2H3/q+1. The quantitative estimate of drug-likeness (QED) is 0.576. The molecule has 0 spiro atoms. The molecule has 0 aromatic carbocycles. The number of rotatable bonds is 3. The van der Waals surface area contributed by atoms with Crippen LogP contribution in [0.3, 0.4) is 0 Å². The minimum Gasteiger partial charge on any atom is -0.320 e. The SMILES string of the molecule is [CH+]=C1C=CCC=C1N(CC)CC. The summed E-state index contributed by atoms with van der Waals surface area (Å²) >= 11 is 0. The van der Waals surface area contributed by atoms with E-state index in [0.717, 1.165) is 25.1 Å². The van der Waals surface area contributed by atoms with E-state index in [1.54, 1.807) is 0 Å². The second-order valence-electron chi connectivity index (χ2n) is 2.86. The fourth-order valence-corrected chi connectivity index (χ4v) is 1.45. The van der Waals surface area contributed by atoms with Crippen LogP contribution in [-0.2, 0) is 0 Å². The van der Waals surface area contributed by atoms with E-state index in [9.17, 15) is 0 Å². The van der Waals surface area contributed by atoms with Crippen molar-refractivity contribution in [2.45, 2.75) is 20.3 Å². The van der Waals surface area contributed by atoms with Gasteiger partial charge in [-0.15, -0.1) is 0 Å². The molecule has 1 nitrogen and oxygen atoms in total. The van der Waals surface area contributed by atoms with Gasteiger partial charge in [-0.2, -0.15) is 0 Å². The molecule has 0 radical (unpaired) electrons. The van der Waals surface area contributed by atoms with Gasteiger partial charge >= 0.3 is 0 Å². The summed E-state index contributed by atoms with van der Waals surface area (Å²) in [6.45, 7) is 12.2. The monoisotopic (exact) mass is 162 g/mol. The van der Waals surface area contributed by atoms with Crippen LogP contribution in [0.1, 0.15) is 20.3 Å². The fraction of sp³-hybridized carbons (Fsp3) is 0.455. The zero-order valence-electron chi connectivity index (χ0n) is 7.88. The summed E-state index contributed by atoms with van der Waals surface area (Å²) in [6.07, 6.45) is 7.27. The Kier molecular flexibility index (Phi) is 3.07. The summed E-state index contributed by atoms with van der Waals surface area (Å²) in [5.74, 6) is 0. The number of hydrogen-bond donors (Lipinski definition) is 0. The first-order valence-electron chi connectivity index (χ1n) is 4.54. The van der Waals surface area contributed by atoms with E-state index in [2.05, 4.69) is 30.9 Å². The zero-order chi connectivity index (χ0) is 8.97. The topological polar surface area (TPSA) is 3.24 Å². The Hall–Kier alpha value is -1.07. The number of allylic oxidation sites excluding steroid dienone is 3. The Morgan fingerprint density at radius 3 is 2.58 bits per heavy atom. The van der Waals surface area contributed by atoms with Crippen LogP contribution in [-0.4, -0.2) is 18.0 Å². The van der Waals surface area contributed by atoms with Crippen molar-refractivity contribution in [2.75, 3.05) is 13.1 Å². The van der Waals surface area contributed by atoms with Crippen molar-refractivity contribution in [3.8, 4) is 0 Å². The lowest BCUT2D eigenvalue weighted by Crippen LogP contribution is -2.23. The molecule has 0 atom stereocenters. The van der Waals surface area contributed by atoms with E-state index >= 15 is 0 Å². The smallest absolute Gasteiger partial charge is 0.203 e. The Bertz CT molecular complexity index is 219. The molecule has 0 unspecified atom stereocenters. The van der Waals surface area contributed by atoms with Crippen LogP contribution in [0.25, 0.3) is 0 Å². The van der Waals surface area contributed by atoms with Crippen LogP contribution >= 0.6 is 0 Å². The first kappa shape index (κ1) is 9.02. The Balaban J connectivity index is 2.72. The predicted octanol–water partition coefficient (Wildman–Crippen LogP) is 2.53. The van der Waals surface area contributed by atoms with E-state index < -0.39 is 0 Å². The van der Waals surface area contributed by atoms with E-state index in [4.69, 9.17) is 6.58 Å². The highest BCUT2D eigenvalue weighted by Crippen LogP contribution is 2.19. The first-order chi connectivity index (χ1) is 5.79. The third kappa shape index (κ3) is 1.75. The summed E-state index contributed by atoms with van der Waals surface area (Å²) in [5, 5.41) is 0. The van der Waals surface area contributed by atoms with Crippen LogP contribution in [0.15, 0.2) is 29.5 Å². The summed E-state index contributed by atoms with van der Waals surface area (Å²) in [4.78, 5) is 2.28. The molecule has 1 rings (SSSR count). The lowest BCUT2D eigenvalue weighted by molar-refractivity contribution is 0.389. The Labute approximate surface area is 75.1 Å². The van der Waals surface area contributed by atoms with E-state index in [1.165, 1.54) is 5.70 Å². The molecule has 0 aliphatic heterocycles. The first-order valence-corrected chi connectivity index (χ1v) is 4.54. The molecule has 1 aliphatic carbocycles. The highest BCUT2D eigenvalue weighted by molar-refractivity contribution is 5.38. The van der Waals surface area contributed by atoms with Gasteiger partial charge in [-0.3, -0.25) is 0 Å². The molecular formula is C11H16N+. The maximum Gasteiger partial charge on any atom is 0.203 e. The Morgan fingerprint density at radius 2 is 2.08 bits per heavy atom. The summed E-state index contributed by atoms with van der Waals surface area (Å²) in [7, 11) is 0. The van der Waals surface area contributed by atoms with Gasteiger partial charge < -0.3 is 4.90 Å².